The zero-order valence-corrected chi connectivity index (χ0v) is 13.0. The average molecular weight is 355 g/mol. The Morgan fingerprint density at radius 2 is 1.78 bits per heavy atom. The van der Waals surface area contributed by atoms with Crippen molar-refractivity contribution >= 4 is 15.5 Å². The van der Waals surface area contributed by atoms with Gasteiger partial charge in [-0.05, 0) is 31.0 Å². The second kappa shape index (κ2) is 6.27. The van der Waals surface area contributed by atoms with Crippen molar-refractivity contribution in [1.82, 2.24) is 0 Å². The zero-order valence-electron chi connectivity index (χ0n) is 12.2. The third-order valence-corrected chi connectivity index (χ3v) is 5.46. The summed E-state index contributed by atoms with van der Waals surface area (Å²) in [5.74, 6) is -1.09. The normalized spacial score (nSPS) is 18.7. The van der Waals surface area contributed by atoms with Crippen molar-refractivity contribution in [3.05, 3.63) is 24.0 Å². The Bertz CT molecular complexity index is 667. The predicted molar refractivity (Wildman–Crippen MR) is 76.2 cm³/mol. The van der Waals surface area contributed by atoms with E-state index in [9.17, 15) is 31.1 Å². The lowest BCUT2D eigenvalue weighted by atomic mass is 9.85. The van der Waals surface area contributed by atoms with Crippen LogP contribution in [0.5, 0.6) is 0 Å². The van der Waals surface area contributed by atoms with Crippen LogP contribution >= 0.6 is 0 Å². The van der Waals surface area contributed by atoms with Crippen molar-refractivity contribution < 1.29 is 31.1 Å². The van der Waals surface area contributed by atoms with Gasteiger partial charge in [0.15, 0.2) is 0 Å². The van der Waals surface area contributed by atoms with Crippen LogP contribution in [0.3, 0.4) is 0 Å². The highest BCUT2D eigenvalue weighted by molar-refractivity contribution is 7.92. The van der Waals surface area contributed by atoms with Gasteiger partial charge in [0, 0.05) is 6.54 Å². The van der Waals surface area contributed by atoms with Crippen LogP contribution in [0, 0.1) is 5.82 Å². The number of sulfone groups is 1. The first kappa shape index (κ1) is 18.0. The molecule has 2 rings (SSSR count). The Balaban J connectivity index is 2.29. The van der Waals surface area contributed by atoms with E-state index in [-0.39, 0.29) is 12.2 Å². The lowest BCUT2D eigenvalue weighted by Crippen LogP contribution is -2.39. The molecular formula is C14H17F4NO3S. The molecular weight excluding hydrogens is 338 g/mol. The van der Waals surface area contributed by atoms with Gasteiger partial charge < -0.3 is 10.4 Å². The molecule has 2 N–H and O–H groups in total. The molecule has 130 valence electrons. The lowest BCUT2D eigenvalue weighted by Gasteiger charge is -2.32. The summed E-state index contributed by atoms with van der Waals surface area (Å²) in [5, 5.41) is 12.9. The SMILES string of the molecule is O=S(=O)(c1cc(F)ccc1NCC1(O)CCCCC1)C(F)(F)F. The Hall–Kier alpha value is -1.35. The Kier molecular flexibility index (Phi) is 4.91. The van der Waals surface area contributed by atoms with Crippen LogP contribution in [0.15, 0.2) is 23.1 Å². The first-order valence-electron chi connectivity index (χ1n) is 7.12. The summed E-state index contributed by atoms with van der Waals surface area (Å²) < 4.78 is 74.5. The molecule has 0 atom stereocenters. The lowest BCUT2D eigenvalue weighted by molar-refractivity contribution is -0.0435. The molecule has 0 bridgehead atoms. The monoisotopic (exact) mass is 355 g/mol. The number of nitrogens with one attached hydrogen (secondary N) is 1. The minimum absolute atomic E-state index is 0.0982. The van der Waals surface area contributed by atoms with Crippen LogP contribution in [0.1, 0.15) is 32.1 Å². The van der Waals surface area contributed by atoms with Gasteiger partial charge in [-0.25, -0.2) is 12.8 Å². The Morgan fingerprint density at radius 1 is 1.17 bits per heavy atom. The van der Waals surface area contributed by atoms with Crippen molar-refractivity contribution in [3.8, 4) is 0 Å². The molecule has 1 aliphatic carbocycles. The molecule has 0 saturated heterocycles. The minimum atomic E-state index is -5.69. The summed E-state index contributed by atoms with van der Waals surface area (Å²) in [6, 6.07) is 2.12. The van der Waals surface area contributed by atoms with Crippen LogP contribution in [-0.2, 0) is 9.84 Å². The van der Waals surface area contributed by atoms with Crippen molar-refractivity contribution in [3.63, 3.8) is 0 Å². The first-order chi connectivity index (χ1) is 10.6. The van der Waals surface area contributed by atoms with Gasteiger partial charge in [-0.15, -0.1) is 0 Å². The van der Waals surface area contributed by atoms with Gasteiger partial charge in [-0.1, -0.05) is 19.3 Å². The standard InChI is InChI=1S/C14H17F4NO3S/c15-10-4-5-11(12(8-10)23(21,22)14(16,17)18)19-9-13(20)6-2-1-3-7-13/h4-5,8,19-20H,1-3,6-7,9H2. The molecule has 0 radical (unpaired) electrons. The number of anilines is 1. The fraction of sp³-hybridized carbons (Fsp3) is 0.571. The fourth-order valence-electron chi connectivity index (χ4n) is 2.64. The third-order valence-electron chi connectivity index (χ3n) is 3.93. The van der Waals surface area contributed by atoms with Crippen LogP contribution in [-0.4, -0.2) is 31.2 Å². The molecule has 1 fully saturated rings. The number of aliphatic hydroxyl groups is 1. The van der Waals surface area contributed by atoms with E-state index in [4.69, 9.17) is 0 Å². The van der Waals surface area contributed by atoms with Crippen LogP contribution in [0.2, 0.25) is 0 Å². The second-order valence-electron chi connectivity index (χ2n) is 5.73. The number of rotatable bonds is 4. The van der Waals surface area contributed by atoms with Gasteiger partial charge in [0.2, 0.25) is 0 Å². The fourth-order valence-corrected chi connectivity index (χ4v) is 3.58. The zero-order chi connectivity index (χ0) is 17.3. The Labute approximate surface area is 131 Å². The molecule has 0 heterocycles. The quantitative estimate of drug-likeness (QED) is 0.814. The van der Waals surface area contributed by atoms with Crippen molar-refractivity contribution in [1.29, 1.82) is 0 Å². The van der Waals surface area contributed by atoms with E-state index in [0.29, 0.717) is 18.9 Å². The topological polar surface area (TPSA) is 66.4 Å². The summed E-state index contributed by atoms with van der Waals surface area (Å²) in [6.07, 6.45) is 3.49. The minimum Gasteiger partial charge on any atom is -0.388 e. The van der Waals surface area contributed by atoms with E-state index < -0.39 is 31.7 Å². The maximum Gasteiger partial charge on any atom is 0.501 e. The number of halogens is 4. The molecule has 1 aromatic carbocycles. The molecule has 4 nitrogen and oxygen atoms in total. The number of benzene rings is 1. The maximum absolute atomic E-state index is 13.2. The number of hydrogen-bond acceptors (Lipinski definition) is 4. The van der Waals surface area contributed by atoms with Crippen LogP contribution in [0.4, 0.5) is 23.2 Å². The summed E-state index contributed by atoms with van der Waals surface area (Å²) in [5.41, 5.74) is -7.01. The highest BCUT2D eigenvalue weighted by Gasteiger charge is 2.48. The van der Waals surface area contributed by atoms with Gasteiger partial charge in [-0.2, -0.15) is 13.2 Å². The van der Waals surface area contributed by atoms with Crippen LogP contribution < -0.4 is 5.32 Å². The first-order valence-corrected chi connectivity index (χ1v) is 8.61. The summed E-state index contributed by atoms with van der Waals surface area (Å²) in [7, 11) is -5.69. The van der Waals surface area contributed by atoms with E-state index >= 15 is 0 Å². The van der Waals surface area contributed by atoms with E-state index in [1.807, 2.05) is 0 Å². The van der Waals surface area contributed by atoms with Gasteiger partial charge in [0.1, 0.15) is 10.7 Å². The maximum atomic E-state index is 13.2. The smallest absolute Gasteiger partial charge is 0.388 e. The van der Waals surface area contributed by atoms with Gasteiger partial charge in [-0.3, -0.25) is 0 Å². The van der Waals surface area contributed by atoms with E-state index in [1.54, 1.807) is 0 Å². The number of alkyl halides is 3. The molecule has 0 spiro atoms. The van der Waals surface area contributed by atoms with Crippen molar-refractivity contribution in [2.75, 3.05) is 11.9 Å². The molecule has 0 amide bonds. The predicted octanol–water partition coefficient (Wildman–Crippen LogP) is 3.23. The summed E-state index contributed by atoms with van der Waals surface area (Å²) in [6.45, 7) is -0.0982. The van der Waals surface area contributed by atoms with E-state index in [0.717, 1.165) is 31.4 Å². The van der Waals surface area contributed by atoms with Gasteiger partial charge >= 0.3 is 5.51 Å². The molecule has 23 heavy (non-hydrogen) atoms. The molecule has 1 saturated carbocycles. The number of hydrogen-bond donors (Lipinski definition) is 2. The third kappa shape index (κ3) is 3.95. The summed E-state index contributed by atoms with van der Waals surface area (Å²) in [4.78, 5) is -1.18. The second-order valence-corrected chi connectivity index (χ2v) is 7.64. The molecule has 1 aromatic rings. The largest absolute Gasteiger partial charge is 0.501 e. The van der Waals surface area contributed by atoms with Crippen LogP contribution in [0.25, 0.3) is 0 Å². The highest BCUT2D eigenvalue weighted by Crippen LogP contribution is 2.35. The van der Waals surface area contributed by atoms with E-state index in [1.165, 1.54) is 0 Å². The average Bonchev–Trinajstić information content (AvgIpc) is 2.45. The molecule has 0 unspecified atom stereocenters. The van der Waals surface area contributed by atoms with Gasteiger partial charge in [0.25, 0.3) is 9.84 Å². The molecule has 0 aliphatic heterocycles. The van der Waals surface area contributed by atoms with Crippen molar-refractivity contribution in [2.24, 2.45) is 0 Å². The van der Waals surface area contributed by atoms with Crippen molar-refractivity contribution in [2.45, 2.75) is 48.1 Å². The highest BCUT2D eigenvalue weighted by atomic mass is 32.2. The summed E-state index contributed by atoms with van der Waals surface area (Å²) >= 11 is 0. The van der Waals surface area contributed by atoms with E-state index in [2.05, 4.69) is 5.32 Å². The van der Waals surface area contributed by atoms with Gasteiger partial charge in [0.05, 0.1) is 11.3 Å². The molecule has 9 heteroatoms. The molecule has 0 aromatic heterocycles. The Morgan fingerprint density at radius 3 is 2.35 bits per heavy atom. The molecule has 1 aliphatic rings.